The fourth-order valence-electron chi connectivity index (χ4n) is 2.72. The van der Waals surface area contributed by atoms with Gasteiger partial charge in [-0.15, -0.1) is 0 Å². The van der Waals surface area contributed by atoms with Gasteiger partial charge >= 0.3 is 0 Å². The third kappa shape index (κ3) is 3.23. The summed E-state index contributed by atoms with van der Waals surface area (Å²) in [5, 5.41) is 3.39. The zero-order valence-corrected chi connectivity index (χ0v) is 11.3. The summed E-state index contributed by atoms with van der Waals surface area (Å²) >= 11 is 0. The molecule has 19 heavy (non-hydrogen) atoms. The smallest absolute Gasteiger partial charge is 0.133 e. The quantitative estimate of drug-likeness (QED) is 0.850. The highest BCUT2D eigenvalue weighted by Crippen LogP contribution is 2.19. The summed E-state index contributed by atoms with van der Waals surface area (Å²) in [6.45, 7) is 8.93. The Labute approximate surface area is 114 Å². The number of rotatable bonds is 3. The fourth-order valence-corrected chi connectivity index (χ4v) is 2.72. The van der Waals surface area contributed by atoms with Gasteiger partial charge in [-0.05, 0) is 6.07 Å². The molecule has 0 bridgehead atoms. The lowest BCUT2D eigenvalue weighted by Gasteiger charge is -2.32. The molecule has 2 aliphatic heterocycles. The average molecular weight is 262 g/mol. The highest BCUT2D eigenvalue weighted by atomic mass is 16.5. The molecule has 1 aromatic rings. The number of nitrogens with zero attached hydrogens (tertiary/aromatic N) is 3. The average Bonchev–Trinajstić information content (AvgIpc) is 2.50. The van der Waals surface area contributed by atoms with E-state index in [-0.39, 0.29) is 0 Å². The van der Waals surface area contributed by atoms with Crippen molar-refractivity contribution in [3.05, 3.63) is 23.9 Å². The van der Waals surface area contributed by atoms with Crippen molar-refractivity contribution in [2.75, 3.05) is 57.4 Å². The van der Waals surface area contributed by atoms with Gasteiger partial charge in [0.15, 0.2) is 0 Å². The summed E-state index contributed by atoms with van der Waals surface area (Å²) in [5.74, 6) is 1.16. The Balaban J connectivity index is 1.72. The molecule has 3 heterocycles. The van der Waals surface area contributed by atoms with Gasteiger partial charge in [-0.1, -0.05) is 6.07 Å². The number of ether oxygens (including phenoxy) is 1. The van der Waals surface area contributed by atoms with Crippen molar-refractivity contribution in [2.24, 2.45) is 0 Å². The number of morpholine rings is 1. The maximum atomic E-state index is 5.41. The number of nitrogens with one attached hydrogen (secondary N) is 1. The molecule has 5 heteroatoms. The predicted molar refractivity (Wildman–Crippen MR) is 75.4 cm³/mol. The third-order valence-corrected chi connectivity index (χ3v) is 3.78. The Morgan fingerprint density at radius 1 is 1.16 bits per heavy atom. The topological polar surface area (TPSA) is 40.6 Å². The van der Waals surface area contributed by atoms with Gasteiger partial charge in [-0.25, -0.2) is 4.98 Å². The molecular weight excluding hydrogens is 240 g/mol. The van der Waals surface area contributed by atoms with Crippen LogP contribution in [0.5, 0.6) is 0 Å². The molecule has 0 amide bonds. The van der Waals surface area contributed by atoms with Crippen molar-refractivity contribution in [3.63, 3.8) is 0 Å². The maximum absolute atomic E-state index is 5.41. The second-order valence-electron chi connectivity index (χ2n) is 5.11. The predicted octanol–water partition coefficient (Wildman–Crippen LogP) is 0.323. The first kappa shape index (κ1) is 12.8. The van der Waals surface area contributed by atoms with Crippen LogP contribution in [0.2, 0.25) is 0 Å². The van der Waals surface area contributed by atoms with E-state index in [1.54, 1.807) is 0 Å². The number of hydrogen-bond donors (Lipinski definition) is 1. The molecule has 0 aromatic carbocycles. The van der Waals surface area contributed by atoms with Gasteiger partial charge < -0.3 is 15.0 Å². The van der Waals surface area contributed by atoms with Crippen LogP contribution in [0.1, 0.15) is 5.56 Å². The van der Waals surface area contributed by atoms with Gasteiger partial charge in [0.05, 0.1) is 13.2 Å². The zero-order chi connectivity index (χ0) is 12.9. The molecule has 2 fully saturated rings. The normalized spacial score (nSPS) is 21.6. The molecule has 0 spiro atoms. The van der Waals surface area contributed by atoms with Crippen LogP contribution >= 0.6 is 0 Å². The molecule has 1 N–H and O–H groups in total. The molecule has 3 rings (SSSR count). The van der Waals surface area contributed by atoms with E-state index in [1.165, 1.54) is 5.56 Å². The summed E-state index contributed by atoms with van der Waals surface area (Å²) in [7, 11) is 0. The van der Waals surface area contributed by atoms with E-state index in [9.17, 15) is 0 Å². The molecule has 0 atom stereocenters. The first-order valence-electron chi connectivity index (χ1n) is 7.13. The summed E-state index contributed by atoms with van der Waals surface area (Å²) in [6, 6.07) is 4.25. The Bertz CT molecular complexity index is 400. The first-order valence-corrected chi connectivity index (χ1v) is 7.13. The van der Waals surface area contributed by atoms with E-state index in [0.29, 0.717) is 0 Å². The Morgan fingerprint density at radius 2 is 1.95 bits per heavy atom. The van der Waals surface area contributed by atoms with Crippen LogP contribution in [0.3, 0.4) is 0 Å². The van der Waals surface area contributed by atoms with Crippen molar-refractivity contribution in [1.29, 1.82) is 0 Å². The minimum Gasteiger partial charge on any atom is -0.379 e. The molecule has 2 saturated heterocycles. The van der Waals surface area contributed by atoms with E-state index in [4.69, 9.17) is 4.74 Å². The Hall–Kier alpha value is -1.17. The van der Waals surface area contributed by atoms with Gasteiger partial charge in [-0.3, -0.25) is 4.90 Å². The Kier molecular flexibility index (Phi) is 4.27. The third-order valence-electron chi connectivity index (χ3n) is 3.78. The zero-order valence-electron chi connectivity index (χ0n) is 11.3. The summed E-state index contributed by atoms with van der Waals surface area (Å²) in [4.78, 5) is 9.45. The van der Waals surface area contributed by atoms with Crippen LogP contribution in [-0.4, -0.2) is 62.4 Å². The van der Waals surface area contributed by atoms with E-state index in [2.05, 4.69) is 26.2 Å². The molecule has 0 aliphatic carbocycles. The second kappa shape index (κ2) is 6.32. The lowest BCUT2D eigenvalue weighted by atomic mass is 10.2. The van der Waals surface area contributed by atoms with Crippen LogP contribution < -0.4 is 10.2 Å². The Morgan fingerprint density at radius 3 is 2.74 bits per heavy atom. The lowest BCUT2D eigenvalue weighted by molar-refractivity contribution is 0.0342. The molecule has 1 aromatic heterocycles. The highest BCUT2D eigenvalue weighted by Gasteiger charge is 2.18. The monoisotopic (exact) mass is 262 g/mol. The maximum Gasteiger partial charge on any atom is 0.133 e. The van der Waals surface area contributed by atoms with E-state index >= 15 is 0 Å². The minimum absolute atomic E-state index is 0.850. The van der Waals surface area contributed by atoms with Crippen LogP contribution in [0.25, 0.3) is 0 Å². The highest BCUT2D eigenvalue weighted by molar-refractivity contribution is 5.47. The first-order chi connectivity index (χ1) is 9.43. The summed E-state index contributed by atoms with van der Waals surface area (Å²) < 4.78 is 5.41. The number of aromatic nitrogens is 1. The summed E-state index contributed by atoms with van der Waals surface area (Å²) in [6.07, 6.45) is 1.90. The number of pyridine rings is 1. The van der Waals surface area contributed by atoms with Crippen molar-refractivity contribution < 1.29 is 4.74 Å². The molecule has 0 unspecified atom stereocenters. The summed E-state index contributed by atoms with van der Waals surface area (Å²) in [5.41, 5.74) is 1.34. The van der Waals surface area contributed by atoms with E-state index < -0.39 is 0 Å². The van der Waals surface area contributed by atoms with Crippen molar-refractivity contribution >= 4 is 5.82 Å². The van der Waals surface area contributed by atoms with E-state index in [0.717, 1.165) is 64.8 Å². The second-order valence-corrected chi connectivity index (χ2v) is 5.11. The number of hydrogen-bond acceptors (Lipinski definition) is 5. The molecular formula is C14H22N4O. The van der Waals surface area contributed by atoms with Gasteiger partial charge in [-0.2, -0.15) is 0 Å². The van der Waals surface area contributed by atoms with Gasteiger partial charge in [0.2, 0.25) is 0 Å². The SMILES string of the molecule is c1cnc(N2CCNCC2)c(CN2CCOCC2)c1. The van der Waals surface area contributed by atoms with Crippen LogP contribution in [0, 0.1) is 0 Å². The molecule has 104 valence electrons. The van der Waals surface area contributed by atoms with Crippen molar-refractivity contribution in [1.82, 2.24) is 15.2 Å². The number of piperazine rings is 1. The van der Waals surface area contributed by atoms with Crippen molar-refractivity contribution in [2.45, 2.75) is 6.54 Å². The van der Waals surface area contributed by atoms with Gasteiger partial charge in [0.1, 0.15) is 5.82 Å². The van der Waals surface area contributed by atoms with Crippen molar-refractivity contribution in [3.8, 4) is 0 Å². The van der Waals surface area contributed by atoms with Crippen LogP contribution in [0.4, 0.5) is 5.82 Å². The van der Waals surface area contributed by atoms with Crippen LogP contribution in [-0.2, 0) is 11.3 Å². The standard InChI is InChI=1S/C14H22N4O/c1-2-13(12-17-8-10-19-11-9-17)14(16-3-1)18-6-4-15-5-7-18/h1-3,15H,4-12H2. The molecule has 0 saturated carbocycles. The van der Waals surface area contributed by atoms with E-state index in [1.807, 2.05) is 12.3 Å². The fraction of sp³-hybridized carbons (Fsp3) is 0.643. The lowest BCUT2D eigenvalue weighted by Crippen LogP contribution is -2.44. The van der Waals surface area contributed by atoms with Gasteiger partial charge in [0.25, 0.3) is 0 Å². The molecule has 5 nitrogen and oxygen atoms in total. The van der Waals surface area contributed by atoms with Gasteiger partial charge in [0, 0.05) is 57.6 Å². The molecule has 2 aliphatic rings. The number of anilines is 1. The minimum atomic E-state index is 0.850. The van der Waals surface area contributed by atoms with Crippen LogP contribution in [0.15, 0.2) is 18.3 Å². The largest absolute Gasteiger partial charge is 0.379 e. The molecule has 0 radical (unpaired) electrons.